The molecule has 0 bridgehead atoms. The fourth-order valence-electron chi connectivity index (χ4n) is 2.06. The van der Waals surface area contributed by atoms with E-state index in [-0.39, 0.29) is 6.10 Å². The van der Waals surface area contributed by atoms with E-state index in [0.29, 0.717) is 0 Å². The van der Waals surface area contributed by atoms with Crippen LogP contribution in [0.3, 0.4) is 0 Å². The molecule has 1 atom stereocenters. The monoisotopic (exact) mass is 223 g/mol. The van der Waals surface area contributed by atoms with Crippen LogP contribution in [0.15, 0.2) is 11.4 Å². The van der Waals surface area contributed by atoms with Crippen molar-refractivity contribution in [2.75, 3.05) is 20.2 Å². The maximum atomic E-state index is 5.76. The second kappa shape index (κ2) is 3.59. The van der Waals surface area contributed by atoms with Gasteiger partial charge in [0.1, 0.15) is 11.6 Å². The van der Waals surface area contributed by atoms with Gasteiger partial charge in [0, 0.05) is 6.54 Å². The molecule has 0 aromatic carbocycles. The van der Waals surface area contributed by atoms with Crippen LogP contribution in [-0.2, 0) is 11.3 Å². The van der Waals surface area contributed by atoms with Gasteiger partial charge in [-0.25, -0.2) is 0 Å². The van der Waals surface area contributed by atoms with E-state index >= 15 is 0 Å². The lowest BCUT2D eigenvalue weighted by Crippen LogP contribution is -2.28. The SMILES string of the molecule is CNC[C@@H]1OCCn2nc3ccsc3c21. The largest absolute Gasteiger partial charge is 0.369 e. The highest BCUT2D eigenvalue weighted by Crippen LogP contribution is 2.32. The molecule has 1 N–H and O–H groups in total. The van der Waals surface area contributed by atoms with Crippen molar-refractivity contribution in [3.63, 3.8) is 0 Å². The van der Waals surface area contributed by atoms with Crippen molar-refractivity contribution in [1.29, 1.82) is 0 Å². The highest BCUT2D eigenvalue weighted by atomic mass is 32.1. The Morgan fingerprint density at radius 3 is 3.53 bits per heavy atom. The third-order valence-electron chi connectivity index (χ3n) is 2.70. The predicted octanol–water partition coefficient (Wildman–Crippen LogP) is 1.39. The Kier molecular flexibility index (Phi) is 2.23. The Labute approximate surface area is 91.8 Å². The van der Waals surface area contributed by atoms with Gasteiger partial charge in [-0.05, 0) is 18.5 Å². The fourth-order valence-corrected chi connectivity index (χ4v) is 2.98. The van der Waals surface area contributed by atoms with Crippen molar-refractivity contribution in [3.05, 3.63) is 17.1 Å². The maximum absolute atomic E-state index is 5.76. The number of nitrogens with zero attached hydrogens (tertiary/aromatic N) is 2. The molecule has 3 rings (SSSR count). The minimum atomic E-state index is 0.146. The molecule has 0 aliphatic carbocycles. The number of ether oxygens (including phenoxy) is 1. The summed E-state index contributed by atoms with van der Waals surface area (Å²) in [5, 5.41) is 9.82. The van der Waals surface area contributed by atoms with Gasteiger partial charge in [-0.3, -0.25) is 4.68 Å². The van der Waals surface area contributed by atoms with Gasteiger partial charge in [-0.2, -0.15) is 5.10 Å². The molecule has 80 valence electrons. The van der Waals surface area contributed by atoms with Gasteiger partial charge in [0.05, 0.1) is 23.5 Å². The summed E-state index contributed by atoms with van der Waals surface area (Å²) < 4.78 is 9.13. The molecule has 5 heteroatoms. The molecular weight excluding hydrogens is 210 g/mol. The first-order valence-electron chi connectivity index (χ1n) is 5.10. The molecule has 0 amide bonds. The molecule has 0 fully saturated rings. The molecule has 4 nitrogen and oxygen atoms in total. The molecule has 1 aliphatic rings. The highest BCUT2D eigenvalue weighted by molar-refractivity contribution is 7.17. The predicted molar refractivity (Wildman–Crippen MR) is 60.2 cm³/mol. The molecule has 2 aromatic heterocycles. The summed E-state index contributed by atoms with van der Waals surface area (Å²) in [6.07, 6.45) is 0.146. The van der Waals surface area contributed by atoms with Gasteiger partial charge in [0.2, 0.25) is 0 Å². The Hall–Kier alpha value is -0.910. The average Bonchev–Trinajstić information content (AvgIpc) is 2.77. The van der Waals surface area contributed by atoms with Crippen molar-refractivity contribution in [3.8, 4) is 0 Å². The minimum Gasteiger partial charge on any atom is -0.369 e. The van der Waals surface area contributed by atoms with E-state index < -0.39 is 0 Å². The summed E-state index contributed by atoms with van der Waals surface area (Å²) >= 11 is 1.75. The summed E-state index contributed by atoms with van der Waals surface area (Å²) in [7, 11) is 1.95. The summed E-state index contributed by atoms with van der Waals surface area (Å²) in [5.41, 5.74) is 2.34. The van der Waals surface area contributed by atoms with Crippen LogP contribution in [0.1, 0.15) is 11.8 Å². The minimum absolute atomic E-state index is 0.146. The molecule has 0 unspecified atom stereocenters. The van der Waals surface area contributed by atoms with Crippen molar-refractivity contribution >= 4 is 21.6 Å². The lowest BCUT2D eigenvalue weighted by molar-refractivity contribution is 0.0196. The first kappa shape index (κ1) is 9.33. The highest BCUT2D eigenvalue weighted by Gasteiger charge is 2.25. The quantitative estimate of drug-likeness (QED) is 0.836. The first-order chi connectivity index (χ1) is 7.40. The zero-order chi connectivity index (χ0) is 10.3. The number of rotatable bonds is 2. The number of aromatic nitrogens is 2. The van der Waals surface area contributed by atoms with Crippen LogP contribution < -0.4 is 5.32 Å². The van der Waals surface area contributed by atoms with Crippen LogP contribution in [0.2, 0.25) is 0 Å². The van der Waals surface area contributed by atoms with E-state index in [1.165, 1.54) is 10.4 Å². The molecule has 15 heavy (non-hydrogen) atoms. The molecule has 0 radical (unpaired) electrons. The maximum Gasteiger partial charge on any atom is 0.113 e. The smallest absolute Gasteiger partial charge is 0.113 e. The van der Waals surface area contributed by atoms with Crippen LogP contribution in [0.5, 0.6) is 0 Å². The Bertz CT molecular complexity index is 476. The average molecular weight is 223 g/mol. The molecule has 1 aliphatic heterocycles. The standard InChI is InChI=1S/C10H13N3OS/c1-11-6-8-9-10-7(2-5-15-10)12-13(9)3-4-14-8/h2,5,8,11H,3-4,6H2,1H3/t8-/m0/s1. The van der Waals surface area contributed by atoms with Crippen LogP contribution in [0.4, 0.5) is 0 Å². The second-order valence-electron chi connectivity index (χ2n) is 3.66. The first-order valence-corrected chi connectivity index (χ1v) is 5.98. The van der Waals surface area contributed by atoms with Crippen LogP contribution in [0.25, 0.3) is 10.2 Å². The summed E-state index contributed by atoms with van der Waals surface area (Å²) in [4.78, 5) is 0. The number of thiophene rings is 1. The van der Waals surface area contributed by atoms with E-state index in [2.05, 4.69) is 26.5 Å². The molecule has 0 saturated carbocycles. The van der Waals surface area contributed by atoms with Gasteiger partial charge in [-0.1, -0.05) is 0 Å². The lowest BCUT2D eigenvalue weighted by Gasteiger charge is -2.24. The Morgan fingerprint density at radius 1 is 1.73 bits per heavy atom. The number of likely N-dealkylation sites (N-methyl/N-ethyl adjacent to an activating group) is 1. The van der Waals surface area contributed by atoms with Crippen molar-refractivity contribution in [2.45, 2.75) is 12.6 Å². The third-order valence-corrected chi connectivity index (χ3v) is 3.63. The topological polar surface area (TPSA) is 39.1 Å². The Morgan fingerprint density at radius 2 is 2.67 bits per heavy atom. The third kappa shape index (κ3) is 1.39. The van der Waals surface area contributed by atoms with Crippen molar-refractivity contribution in [1.82, 2.24) is 15.1 Å². The number of fused-ring (bicyclic) bond motifs is 3. The summed E-state index contributed by atoms with van der Waals surface area (Å²) in [6, 6.07) is 2.07. The van der Waals surface area contributed by atoms with Gasteiger partial charge >= 0.3 is 0 Å². The molecule has 0 saturated heterocycles. The van der Waals surface area contributed by atoms with Gasteiger partial charge in [0.25, 0.3) is 0 Å². The molecule has 0 spiro atoms. The second-order valence-corrected chi connectivity index (χ2v) is 4.58. The summed E-state index contributed by atoms with van der Waals surface area (Å²) in [6.45, 7) is 2.48. The van der Waals surface area contributed by atoms with Crippen molar-refractivity contribution in [2.24, 2.45) is 0 Å². The van der Waals surface area contributed by atoms with Crippen LogP contribution in [-0.4, -0.2) is 30.0 Å². The zero-order valence-corrected chi connectivity index (χ0v) is 9.38. The Balaban J connectivity index is 2.13. The number of hydrogen-bond acceptors (Lipinski definition) is 4. The summed E-state index contributed by atoms with van der Waals surface area (Å²) in [5.74, 6) is 0. The van der Waals surface area contributed by atoms with E-state index in [4.69, 9.17) is 4.74 Å². The molecule has 2 aromatic rings. The van der Waals surface area contributed by atoms with E-state index in [1.807, 2.05) is 7.05 Å². The van der Waals surface area contributed by atoms with Gasteiger partial charge < -0.3 is 10.1 Å². The number of nitrogens with one attached hydrogen (secondary N) is 1. The van der Waals surface area contributed by atoms with Crippen LogP contribution in [0, 0.1) is 0 Å². The van der Waals surface area contributed by atoms with Crippen LogP contribution >= 0.6 is 11.3 Å². The number of hydrogen-bond donors (Lipinski definition) is 1. The zero-order valence-electron chi connectivity index (χ0n) is 8.56. The van der Waals surface area contributed by atoms with E-state index in [0.717, 1.165) is 25.2 Å². The lowest BCUT2D eigenvalue weighted by atomic mass is 10.2. The van der Waals surface area contributed by atoms with E-state index in [1.54, 1.807) is 11.3 Å². The molecule has 3 heterocycles. The molecular formula is C10H13N3OS. The van der Waals surface area contributed by atoms with Gasteiger partial charge in [-0.15, -0.1) is 11.3 Å². The van der Waals surface area contributed by atoms with Gasteiger partial charge in [0.15, 0.2) is 0 Å². The van der Waals surface area contributed by atoms with E-state index in [9.17, 15) is 0 Å². The normalized spacial score (nSPS) is 20.7. The van der Waals surface area contributed by atoms with Crippen molar-refractivity contribution < 1.29 is 4.74 Å². The fraction of sp³-hybridized carbons (Fsp3) is 0.500.